The van der Waals surface area contributed by atoms with Gasteiger partial charge in [-0.1, -0.05) is 0 Å². The summed E-state index contributed by atoms with van der Waals surface area (Å²) in [5.41, 5.74) is 0.525. The Hall–Kier alpha value is -0.990. The molecule has 1 unspecified atom stereocenters. The van der Waals surface area contributed by atoms with Gasteiger partial charge in [0.25, 0.3) is 0 Å². The largest absolute Gasteiger partial charge is 0.310 e. The number of carbonyl (C=O) groups excluding carboxylic acids is 2. The van der Waals surface area contributed by atoms with E-state index in [0.29, 0.717) is 31.3 Å². The highest BCUT2D eigenvalue weighted by molar-refractivity contribution is 6.03. The smallest absolute Gasteiger partial charge is 0.143 e. The third kappa shape index (κ3) is 1.29. The number of Topliss-reactive ketones (excluding diaryl/α,β-unsaturated/α-hetero) is 1. The van der Waals surface area contributed by atoms with Crippen molar-refractivity contribution in [3.63, 3.8) is 0 Å². The van der Waals surface area contributed by atoms with Crippen LogP contribution in [0.2, 0.25) is 0 Å². The zero-order chi connectivity index (χ0) is 7.56. The first-order valence-electron chi connectivity index (χ1n) is 3.28. The van der Waals surface area contributed by atoms with Crippen LogP contribution in [0.4, 0.5) is 0 Å². The van der Waals surface area contributed by atoms with Gasteiger partial charge in [-0.15, -0.1) is 0 Å². The van der Waals surface area contributed by atoms with E-state index in [0.717, 1.165) is 0 Å². The van der Waals surface area contributed by atoms with Crippen molar-refractivity contribution in [2.75, 3.05) is 0 Å². The molecule has 54 valence electrons. The molecule has 0 amide bonds. The Morgan fingerprint density at radius 2 is 2.20 bits per heavy atom. The summed E-state index contributed by atoms with van der Waals surface area (Å²) < 4.78 is 0. The van der Waals surface area contributed by atoms with E-state index in [9.17, 15) is 9.59 Å². The molecule has 0 aromatic carbocycles. The number of rotatable bonds is 1. The van der Waals surface area contributed by atoms with Crippen molar-refractivity contribution < 1.29 is 9.59 Å². The summed E-state index contributed by atoms with van der Waals surface area (Å²) in [5.74, 6) is -0.521. The highest BCUT2D eigenvalue weighted by Gasteiger charge is 2.24. The molecule has 3 nitrogen and oxygen atoms in total. The Morgan fingerprint density at radius 1 is 1.50 bits per heavy atom. The lowest BCUT2D eigenvalue weighted by molar-refractivity contribution is -0.127. The van der Waals surface area contributed by atoms with Gasteiger partial charge in [0.1, 0.15) is 12.1 Å². The van der Waals surface area contributed by atoms with Gasteiger partial charge in [-0.05, 0) is 6.42 Å². The Morgan fingerprint density at radius 3 is 2.70 bits per heavy atom. The predicted molar refractivity (Wildman–Crippen MR) is 36.1 cm³/mol. The van der Waals surface area contributed by atoms with Crippen molar-refractivity contribution in [1.82, 2.24) is 0 Å². The minimum absolute atomic E-state index is 0.00833. The molecule has 0 radical (unpaired) electrons. The maximum absolute atomic E-state index is 10.8. The van der Waals surface area contributed by atoms with Gasteiger partial charge in [-0.25, -0.2) is 0 Å². The monoisotopic (exact) mass is 139 g/mol. The number of carbonyl (C=O) groups is 2. The van der Waals surface area contributed by atoms with Gasteiger partial charge < -0.3 is 10.2 Å². The van der Waals surface area contributed by atoms with Crippen molar-refractivity contribution >= 4 is 17.8 Å². The van der Waals surface area contributed by atoms with Gasteiger partial charge in [0.2, 0.25) is 0 Å². The molecule has 0 bridgehead atoms. The zero-order valence-corrected chi connectivity index (χ0v) is 5.59. The van der Waals surface area contributed by atoms with E-state index in [1.165, 1.54) is 0 Å². The Kier molecular flexibility index (Phi) is 1.94. The van der Waals surface area contributed by atoms with Crippen LogP contribution in [0.5, 0.6) is 0 Å². The van der Waals surface area contributed by atoms with Crippen molar-refractivity contribution in [1.29, 1.82) is 5.41 Å². The predicted octanol–water partition coefficient (Wildman–Crippen LogP) is 0.574. The number of hydrogen-bond acceptors (Lipinski definition) is 3. The molecular formula is C7H9NO2. The molecule has 1 rings (SSSR count). The van der Waals surface area contributed by atoms with E-state index < -0.39 is 5.92 Å². The minimum Gasteiger partial charge on any atom is -0.310 e. The number of aldehydes is 1. The van der Waals surface area contributed by atoms with Crippen LogP contribution >= 0.6 is 0 Å². The summed E-state index contributed by atoms with van der Waals surface area (Å²) in [6, 6.07) is 0. The average Bonchev–Trinajstić information content (AvgIpc) is 1.94. The third-order valence-electron chi connectivity index (χ3n) is 1.72. The lowest BCUT2D eigenvalue weighted by Crippen LogP contribution is -2.25. The first-order chi connectivity index (χ1) is 4.74. The van der Waals surface area contributed by atoms with Gasteiger partial charge in [0.15, 0.2) is 0 Å². The third-order valence-corrected chi connectivity index (χ3v) is 1.72. The second-order valence-corrected chi connectivity index (χ2v) is 2.52. The van der Waals surface area contributed by atoms with Crippen LogP contribution in [0, 0.1) is 11.3 Å². The maximum atomic E-state index is 10.8. The highest BCUT2D eigenvalue weighted by atomic mass is 16.1. The van der Waals surface area contributed by atoms with E-state index >= 15 is 0 Å². The van der Waals surface area contributed by atoms with Gasteiger partial charge in [0, 0.05) is 18.6 Å². The van der Waals surface area contributed by atoms with E-state index in [1.807, 2.05) is 0 Å². The fourth-order valence-corrected chi connectivity index (χ4v) is 1.06. The van der Waals surface area contributed by atoms with Crippen LogP contribution in [-0.2, 0) is 9.59 Å². The molecule has 0 aromatic rings. The lowest BCUT2D eigenvalue weighted by atomic mass is 9.88. The van der Waals surface area contributed by atoms with E-state index in [-0.39, 0.29) is 5.78 Å². The summed E-state index contributed by atoms with van der Waals surface area (Å²) in [7, 11) is 0. The summed E-state index contributed by atoms with van der Waals surface area (Å²) in [5, 5.41) is 7.20. The standard InChI is InChI=1S/C7H9NO2/c8-6-1-2-7(10)5(3-6)4-9/h4-5,8H,1-3H2. The molecule has 0 saturated heterocycles. The molecule has 0 aromatic heterocycles. The summed E-state index contributed by atoms with van der Waals surface area (Å²) in [4.78, 5) is 21.0. The van der Waals surface area contributed by atoms with E-state index in [1.54, 1.807) is 0 Å². The Bertz CT molecular complexity index is 186. The Labute approximate surface area is 58.9 Å². The minimum atomic E-state index is -0.513. The van der Waals surface area contributed by atoms with Crippen molar-refractivity contribution in [3.05, 3.63) is 0 Å². The van der Waals surface area contributed by atoms with Crippen LogP contribution in [0.1, 0.15) is 19.3 Å². The van der Waals surface area contributed by atoms with Crippen LogP contribution in [0.25, 0.3) is 0 Å². The number of ketones is 1. The Balaban J connectivity index is 2.62. The second kappa shape index (κ2) is 2.73. The van der Waals surface area contributed by atoms with Gasteiger partial charge >= 0.3 is 0 Å². The van der Waals surface area contributed by atoms with Crippen LogP contribution < -0.4 is 0 Å². The summed E-state index contributed by atoms with van der Waals surface area (Å²) >= 11 is 0. The molecule has 1 aliphatic rings. The van der Waals surface area contributed by atoms with Crippen LogP contribution in [-0.4, -0.2) is 17.8 Å². The normalized spacial score (nSPS) is 26.6. The summed E-state index contributed by atoms with van der Waals surface area (Å²) in [6.07, 6.45) is 1.92. The number of nitrogens with one attached hydrogen (secondary N) is 1. The van der Waals surface area contributed by atoms with Crippen LogP contribution in [0.3, 0.4) is 0 Å². The lowest BCUT2D eigenvalue weighted by Gasteiger charge is -2.15. The molecule has 1 aliphatic carbocycles. The second-order valence-electron chi connectivity index (χ2n) is 2.52. The van der Waals surface area contributed by atoms with Gasteiger partial charge in [-0.3, -0.25) is 4.79 Å². The topological polar surface area (TPSA) is 58.0 Å². The summed E-state index contributed by atoms with van der Waals surface area (Å²) in [6.45, 7) is 0. The van der Waals surface area contributed by atoms with Crippen molar-refractivity contribution in [2.45, 2.75) is 19.3 Å². The molecule has 1 saturated carbocycles. The van der Waals surface area contributed by atoms with Gasteiger partial charge in [0.05, 0.1) is 5.92 Å². The molecule has 10 heavy (non-hydrogen) atoms. The zero-order valence-electron chi connectivity index (χ0n) is 5.59. The fourth-order valence-electron chi connectivity index (χ4n) is 1.06. The average molecular weight is 139 g/mol. The molecule has 0 heterocycles. The van der Waals surface area contributed by atoms with Crippen LogP contribution in [0.15, 0.2) is 0 Å². The SMILES string of the molecule is N=C1CCC(=O)C(C=O)C1. The van der Waals surface area contributed by atoms with Gasteiger partial charge in [-0.2, -0.15) is 0 Å². The van der Waals surface area contributed by atoms with E-state index in [4.69, 9.17) is 5.41 Å². The maximum Gasteiger partial charge on any atom is 0.143 e. The highest BCUT2D eigenvalue weighted by Crippen LogP contribution is 2.15. The molecule has 0 spiro atoms. The molecule has 1 fully saturated rings. The molecule has 0 aliphatic heterocycles. The van der Waals surface area contributed by atoms with Crippen molar-refractivity contribution in [3.8, 4) is 0 Å². The molecular weight excluding hydrogens is 130 g/mol. The first-order valence-corrected chi connectivity index (χ1v) is 3.28. The molecule has 1 N–H and O–H groups in total. The molecule has 3 heteroatoms. The fraction of sp³-hybridized carbons (Fsp3) is 0.571. The quantitative estimate of drug-likeness (QED) is 0.426. The number of hydrogen-bond donors (Lipinski definition) is 1. The van der Waals surface area contributed by atoms with E-state index in [2.05, 4.69) is 0 Å². The molecule has 1 atom stereocenters. The van der Waals surface area contributed by atoms with Crippen molar-refractivity contribution in [2.24, 2.45) is 5.92 Å². The first kappa shape index (κ1) is 7.12.